The van der Waals surface area contributed by atoms with E-state index in [4.69, 9.17) is 5.11 Å². The van der Waals surface area contributed by atoms with E-state index in [1.54, 1.807) is 13.8 Å². The SMILES string of the molecule is CCC(NC(=O)[C@H](CC1CCCCC1)NC(=O)[C@@H](NC(=O)[C@H](CC(C)C)NC(=O)c1cnccn1)C(C)CC)C(=O)C(=O)NC(C)C(=O)O. The largest absolute Gasteiger partial charge is 0.480 e. The third-order valence-electron chi connectivity index (χ3n) is 8.83. The number of aliphatic carboxylic acids is 1. The number of aromatic nitrogens is 2. The fraction of sp³-hybridized carbons (Fsp3) is 0.676. The molecule has 0 radical (unpaired) electrons. The van der Waals surface area contributed by atoms with E-state index < -0.39 is 71.5 Å². The number of ketones is 1. The molecule has 272 valence electrons. The van der Waals surface area contributed by atoms with Crippen molar-refractivity contribution in [1.82, 2.24) is 36.6 Å². The fourth-order valence-corrected chi connectivity index (χ4v) is 5.67. The molecule has 0 aromatic carbocycles. The van der Waals surface area contributed by atoms with Crippen molar-refractivity contribution in [3.8, 4) is 0 Å². The molecular formula is C34H53N7O8. The standard InChI is InChI=1S/C34H53N7O8/c1-7-20(5)27(41-30(44)24(16-19(3)4)39-31(45)26-18-35-14-15-36-26)32(46)40-25(17-22-12-10-9-11-13-22)29(43)38-23(8-2)28(42)33(47)37-21(6)34(48)49/h14-15,18-25,27H,7-13,16-17H2,1-6H3,(H,37,47)(H,38,43)(H,39,45)(H,40,46)(H,41,44)(H,48,49)/t20?,21?,23?,24-,25-,27-/m0/s1. The van der Waals surface area contributed by atoms with Gasteiger partial charge in [-0.2, -0.15) is 0 Å². The summed E-state index contributed by atoms with van der Waals surface area (Å²) >= 11 is 0. The monoisotopic (exact) mass is 687 g/mol. The molecule has 1 aliphatic rings. The Morgan fingerprint density at radius 2 is 1.41 bits per heavy atom. The topological polar surface area (TPSA) is 226 Å². The molecule has 15 nitrogen and oxygen atoms in total. The summed E-state index contributed by atoms with van der Waals surface area (Å²) in [7, 11) is 0. The van der Waals surface area contributed by atoms with E-state index >= 15 is 0 Å². The summed E-state index contributed by atoms with van der Waals surface area (Å²) in [4.78, 5) is 98.5. The van der Waals surface area contributed by atoms with Gasteiger partial charge in [0, 0.05) is 12.4 Å². The van der Waals surface area contributed by atoms with E-state index in [0.29, 0.717) is 6.42 Å². The van der Waals surface area contributed by atoms with Gasteiger partial charge in [-0.1, -0.05) is 73.1 Å². The molecule has 0 saturated heterocycles. The first-order valence-corrected chi connectivity index (χ1v) is 17.2. The molecule has 6 atom stereocenters. The zero-order valence-electron chi connectivity index (χ0n) is 29.4. The number of amides is 5. The molecule has 5 amide bonds. The van der Waals surface area contributed by atoms with Crippen molar-refractivity contribution < 1.29 is 38.7 Å². The Kier molecular flexibility index (Phi) is 16.8. The Morgan fingerprint density at radius 1 is 0.776 bits per heavy atom. The molecule has 1 aromatic heterocycles. The van der Waals surface area contributed by atoms with E-state index in [0.717, 1.165) is 32.1 Å². The van der Waals surface area contributed by atoms with Crippen LogP contribution in [0.1, 0.15) is 110 Å². The van der Waals surface area contributed by atoms with Crippen molar-refractivity contribution in [2.75, 3.05) is 0 Å². The summed E-state index contributed by atoms with van der Waals surface area (Å²) in [5, 5.41) is 22.1. The molecule has 1 heterocycles. The Hall–Kier alpha value is -4.43. The number of nitrogens with one attached hydrogen (secondary N) is 5. The van der Waals surface area contributed by atoms with Gasteiger partial charge >= 0.3 is 5.97 Å². The van der Waals surface area contributed by atoms with Crippen LogP contribution in [0, 0.1) is 17.8 Å². The number of Topliss-reactive ketones (excluding diaryl/α,β-unsaturated/α-hetero) is 1. The summed E-state index contributed by atoms with van der Waals surface area (Å²) in [6.45, 7) is 10.2. The molecule has 0 bridgehead atoms. The minimum atomic E-state index is -1.32. The predicted molar refractivity (Wildman–Crippen MR) is 180 cm³/mol. The fourth-order valence-electron chi connectivity index (χ4n) is 5.67. The second kappa shape index (κ2) is 20.2. The van der Waals surface area contributed by atoms with Crippen molar-refractivity contribution in [2.45, 2.75) is 130 Å². The molecule has 0 aliphatic heterocycles. The number of carbonyl (C=O) groups excluding carboxylic acids is 6. The average molecular weight is 688 g/mol. The van der Waals surface area contributed by atoms with Crippen LogP contribution >= 0.6 is 0 Å². The van der Waals surface area contributed by atoms with Gasteiger partial charge in [0.25, 0.3) is 11.8 Å². The van der Waals surface area contributed by atoms with Crippen molar-refractivity contribution in [3.63, 3.8) is 0 Å². The van der Waals surface area contributed by atoms with E-state index in [1.807, 2.05) is 20.8 Å². The first kappa shape index (κ1) is 40.7. The summed E-state index contributed by atoms with van der Waals surface area (Å²) in [6.07, 6.45) is 9.95. The van der Waals surface area contributed by atoms with Gasteiger partial charge in [0.05, 0.1) is 12.2 Å². The van der Waals surface area contributed by atoms with Gasteiger partial charge in [0.1, 0.15) is 29.9 Å². The maximum absolute atomic E-state index is 13.9. The van der Waals surface area contributed by atoms with Gasteiger partial charge in [-0.3, -0.25) is 38.5 Å². The van der Waals surface area contributed by atoms with Crippen LogP contribution in [0.25, 0.3) is 0 Å². The lowest BCUT2D eigenvalue weighted by Gasteiger charge is -2.31. The Morgan fingerprint density at radius 3 is 1.96 bits per heavy atom. The number of carboxylic acids is 1. The van der Waals surface area contributed by atoms with Crippen LogP contribution in [0.2, 0.25) is 0 Å². The molecule has 0 spiro atoms. The van der Waals surface area contributed by atoms with Crippen LogP contribution < -0.4 is 26.6 Å². The van der Waals surface area contributed by atoms with Crippen LogP contribution in [-0.2, 0) is 28.8 Å². The molecule has 6 N–H and O–H groups in total. The predicted octanol–water partition coefficient (Wildman–Crippen LogP) is 1.66. The highest BCUT2D eigenvalue weighted by Crippen LogP contribution is 2.27. The van der Waals surface area contributed by atoms with Crippen molar-refractivity contribution >= 4 is 41.3 Å². The Balaban J connectivity index is 2.28. The minimum Gasteiger partial charge on any atom is -0.480 e. The summed E-state index contributed by atoms with van der Waals surface area (Å²) in [5.41, 5.74) is 0.0367. The second-order valence-electron chi connectivity index (χ2n) is 13.3. The molecule has 1 fully saturated rings. The summed E-state index contributed by atoms with van der Waals surface area (Å²) in [6, 6.07) is -5.68. The zero-order valence-corrected chi connectivity index (χ0v) is 29.4. The van der Waals surface area contributed by atoms with E-state index in [1.165, 1.54) is 25.5 Å². The highest BCUT2D eigenvalue weighted by molar-refractivity contribution is 6.38. The third kappa shape index (κ3) is 13.2. The Labute approximate surface area is 287 Å². The number of carboxylic acid groups (broad SMARTS) is 1. The van der Waals surface area contributed by atoms with Crippen LogP contribution in [0.4, 0.5) is 0 Å². The molecule has 49 heavy (non-hydrogen) atoms. The lowest BCUT2D eigenvalue weighted by Crippen LogP contribution is -2.60. The Bertz CT molecular complexity index is 1300. The molecule has 1 aliphatic carbocycles. The maximum Gasteiger partial charge on any atom is 0.325 e. The molecule has 15 heteroatoms. The lowest BCUT2D eigenvalue weighted by atomic mass is 9.84. The molecule has 3 unspecified atom stereocenters. The van der Waals surface area contributed by atoms with E-state index in [2.05, 4.69) is 36.6 Å². The van der Waals surface area contributed by atoms with Crippen molar-refractivity contribution in [1.29, 1.82) is 0 Å². The van der Waals surface area contributed by atoms with Crippen molar-refractivity contribution in [3.05, 3.63) is 24.3 Å². The van der Waals surface area contributed by atoms with Gasteiger partial charge in [-0.25, -0.2) is 4.98 Å². The highest BCUT2D eigenvalue weighted by atomic mass is 16.4. The summed E-state index contributed by atoms with van der Waals surface area (Å²) in [5.74, 6) is -6.11. The normalized spacial score (nSPS) is 17.0. The number of nitrogens with zero attached hydrogens (tertiary/aromatic N) is 2. The average Bonchev–Trinajstić information content (AvgIpc) is 3.08. The van der Waals surface area contributed by atoms with E-state index in [9.17, 15) is 33.6 Å². The molecule has 1 aromatic rings. The van der Waals surface area contributed by atoms with Gasteiger partial charge in [-0.15, -0.1) is 0 Å². The van der Waals surface area contributed by atoms with E-state index in [-0.39, 0.29) is 42.7 Å². The van der Waals surface area contributed by atoms with Gasteiger partial charge in [0.15, 0.2) is 0 Å². The highest BCUT2D eigenvalue weighted by Gasteiger charge is 2.35. The number of carbonyl (C=O) groups is 7. The number of hydrogen-bond donors (Lipinski definition) is 6. The first-order chi connectivity index (χ1) is 23.2. The second-order valence-corrected chi connectivity index (χ2v) is 13.3. The minimum absolute atomic E-state index is 0.0148. The molecule has 2 rings (SSSR count). The van der Waals surface area contributed by atoms with Crippen LogP contribution in [-0.4, -0.2) is 86.6 Å². The quantitative estimate of drug-likeness (QED) is 0.115. The van der Waals surface area contributed by atoms with Crippen LogP contribution in [0.5, 0.6) is 0 Å². The van der Waals surface area contributed by atoms with Gasteiger partial charge in [-0.05, 0) is 43.9 Å². The van der Waals surface area contributed by atoms with Gasteiger partial charge < -0.3 is 31.7 Å². The molecule has 1 saturated carbocycles. The van der Waals surface area contributed by atoms with Crippen molar-refractivity contribution in [2.24, 2.45) is 17.8 Å². The van der Waals surface area contributed by atoms with Gasteiger partial charge in [0.2, 0.25) is 23.5 Å². The zero-order chi connectivity index (χ0) is 36.7. The van der Waals surface area contributed by atoms with Crippen LogP contribution in [0.15, 0.2) is 18.6 Å². The maximum atomic E-state index is 13.9. The number of rotatable bonds is 19. The first-order valence-electron chi connectivity index (χ1n) is 17.2. The third-order valence-corrected chi connectivity index (χ3v) is 8.83. The lowest BCUT2D eigenvalue weighted by molar-refractivity contribution is -0.145. The van der Waals surface area contributed by atoms with Crippen LogP contribution in [0.3, 0.4) is 0 Å². The smallest absolute Gasteiger partial charge is 0.325 e. The summed E-state index contributed by atoms with van der Waals surface area (Å²) < 4.78 is 0. The molecular weight excluding hydrogens is 634 g/mol. The number of hydrogen-bond acceptors (Lipinski definition) is 9.